The van der Waals surface area contributed by atoms with Gasteiger partial charge in [-0.1, -0.05) is 36.7 Å². The Hall–Kier alpha value is -2.42. The Balaban J connectivity index is 1.61. The van der Waals surface area contributed by atoms with Crippen LogP contribution >= 0.6 is 11.8 Å². The molecule has 1 heterocycles. The summed E-state index contributed by atoms with van der Waals surface area (Å²) in [6.45, 7) is 4.31. The quantitative estimate of drug-likeness (QED) is 0.642. The number of carbonyl (C=O) groups is 2. The third-order valence-corrected chi connectivity index (χ3v) is 5.93. The summed E-state index contributed by atoms with van der Waals surface area (Å²) in [5, 5.41) is 14.8. The van der Waals surface area contributed by atoms with Crippen LogP contribution < -0.4 is 10.6 Å². The van der Waals surface area contributed by atoms with Crippen molar-refractivity contribution in [3.63, 3.8) is 0 Å². The van der Waals surface area contributed by atoms with E-state index in [1.54, 1.807) is 13.0 Å². The molecule has 1 saturated carbocycles. The Labute approximate surface area is 173 Å². The number of aromatic nitrogens is 3. The molecule has 9 heteroatoms. The van der Waals surface area contributed by atoms with E-state index >= 15 is 0 Å². The summed E-state index contributed by atoms with van der Waals surface area (Å²) < 4.78 is 15.7. The summed E-state index contributed by atoms with van der Waals surface area (Å²) in [6, 6.07) is 5.66. The molecule has 1 aliphatic rings. The number of hydrogen-bond acceptors (Lipinski definition) is 5. The summed E-state index contributed by atoms with van der Waals surface area (Å²) in [7, 11) is 0. The Morgan fingerprint density at radius 3 is 2.69 bits per heavy atom. The average molecular weight is 420 g/mol. The first kappa shape index (κ1) is 21.3. The molecule has 1 aliphatic carbocycles. The minimum atomic E-state index is -0.571. The Bertz CT molecular complexity index is 866. The number of amides is 2. The molecule has 3 rings (SSSR count). The second-order valence-corrected chi connectivity index (χ2v) is 8.04. The molecule has 0 spiro atoms. The predicted octanol–water partition coefficient (Wildman–Crippen LogP) is 3.08. The minimum absolute atomic E-state index is 0.00462. The van der Waals surface area contributed by atoms with E-state index in [2.05, 4.69) is 20.8 Å². The van der Waals surface area contributed by atoms with Crippen molar-refractivity contribution < 1.29 is 14.0 Å². The van der Waals surface area contributed by atoms with Crippen molar-refractivity contribution in [1.82, 2.24) is 25.4 Å². The maximum Gasteiger partial charge on any atom is 0.254 e. The summed E-state index contributed by atoms with van der Waals surface area (Å²) in [5.41, 5.74) is -0.0138. The summed E-state index contributed by atoms with van der Waals surface area (Å²) in [5.74, 6) is -0.249. The van der Waals surface area contributed by atoms with Gasteiger partial charge in [0, 0.05) is 12.6 Å². The molecular weight excluding hydrogens is 393 g/mol. The first-order valence-corrected chi connectivity index (χ1v) is 10.9. The highest BCUT2D eigenvalue weighted by atomic mass is 32.2. The van der Waals surface area contributed by atoms with Gasteiger partial charge in [0.05, 0.1) is 17.4 Å². The van der Waals surface area contributed by atoms with Gasteiger partial charge >= 0.3 is 0 Å². The third kappa shape index (κ3) is 5.35. The number of hydrogen-bond donors (Lipinski definition) is 2. The number of thioether (sulfide) groups is 1. The highest BCUT2D eigenvalue weighted by molar-refractivity contribution is 7.99. The normalized spacial score (nSPS) is 15.3. The first-order valence-electron chi connectivity index (χ1n) is 9.90. The zero-order valence-corrected chi connectivity index (χ0v) is 17.5. The van der Waals surface area contributed by atoms with Gasteiger partial charge < -0.3 is 15.2 Å². The van der Waals surface area contributed by atoms with Crippen molar-refractivity contribution in [2.45, 2.75) is 63.3 Å². The molecule has 2 N–H and O–H groups in total. The number of nitrogens with one attached hydrogen (secondary N) is 2. The number of benzene rings is 1. The van der Waals surface area contributed by atoms with Crippen LogP contribution in [0.2, 0.25) is 0 Å². The summed E-state index contributed by atoms with van der Waals surface area (Å²) in [4.78, 5) is 24.5. The molecule has 0 bridgehead atoms. The van der Waals surface area contributed by atoms with Crippen LogP contribution in [0.4, 0.5) is 4.39 Å². The summed E-state index contributed by atoms with van der Waals surface area (Å²) >= 11 is 1.32. The van der Waals surface area contributed by atoms with Gasteiger partial charge in [0.1, 0.15) is 5.82 Å². The SMILES string of the molecule is CCn1c(SCC(=O)NC2CCCC2)nnc1[C@H](C)NC(=O)c1ccccc1F. The van der Waals surface area contributed by atoms with Gasteiger partial charge in [0.15, 0.2) is 11.0 Å². The van der Waals surface area contributed by atoms with Crippen molar-refractivity contribution in [2.75, 3.05) is 5.75 Å². The molecule has 1 atom stereocenters. The molecule has 0 radical (unpaired) electrons. The van der Waals surface area contributed by atoms with Crippen LogP contribution in [0.25, 0.3) is 0 Å². The van der Waals surface area contributed by atoms with Gasteiger partial charge in [0.2, 0.25) is 5.91 Å². The lowest BCUT2D eigenvalue weighted by atomic mass is 10.2. The molecule has 29 heavy (non-hydrogen) atoms. The predicted molar refractivity (Wildman–Crippen MR) is 109 cm³/mol. The van der Waals surface area contributed by atoms with Crippen LogP contribution in [-0.2, 0) is 11.3 Å². The van der Waals surface area contributed by atoms with Crippen LogP contribution in [-0.4, -0.2) is 38.4 Å². The van der Waals surface area contributed by atoms with Crippen LogP contribution in [0, 0.1) is 5.82 Å². The van der Waals surface area contributed by atoms with Crippen LogP contribution in [0.5, 0.6) is 0 Å². The Kier molecular flexibility index (Phi) is 7.24. The zero-order chi connectivity index (χ0) is 20.8. The van der Waals surface area contributed by atoms with E-state index < -0.39 is 17.8 Å². The molecular formula is C20H26FN5O2S. The second-order valence-electron chi connectivity index (χ2n) is 7.10. The zero-order valence-electron chi connectivity index (χ0n) is 16.7. The van der Waals surface area contributed by atoms with Crippen molar-refractivity contribution in [3.05, 3.63) is 41.5 Å². The molecule has 2 aromatic rings. The van der Waals surface area contributed by atoms with Crippen molar-refractivity contribution in [3.8, 4) is 0 Å². The fraction of sp³-hybridized carbons (Fsp3) is 0.500. The average Bonchev–Trinajstić information content (AvgIpc) is 3.35. The van der Waals surface area contributed by atoms with Crippen molar-refractivity contribution >= 4 is 23.6 Å². The number of nitrogens with zero attached hydrogens (tertiary/aromatic N) is 3. The lowest BCUT2D eigenvalue weighted by Gasteiger charge is -2.15. The molecule has 156 valence electrons. The lowest BCUT2D eigenvalue weighted by molar-refractivity contribution is -0.119. The monoisotopic (exact) mass is 419 g/mol. The third-order valence-electron chi connectivity index (χ3n) is 4.97. The van der Waals surface area contributed by atoms with E-state index in [1.807, 2.05) is 11.5 Å². The standard InChI is InChI=1S/C20H26FN5O2S/c1-3-26-18(13(2)22-19(28)15-10-6-7-11-16(15)21)24-25-20(26)29-12-17(27)23-14-8-4-5-9-14/h6-7,10-11,13-14H,3-5,8-9,12H2,1-2H3,(H,22,28)(H,23,27)/t13-/m0/s1. The summed E-state index contributed by atoms with van der Waals surface area (Å²) in [6.07, 6.45) is 4.43. The van der Waals surface area contributed by atoms with Crippen LogP contribution in [0.3, 0.4) is 0 Å². The highest BCUT2D eigenvalue weighted by Gasteiger charge is 2.22. The molecule has 0 unspecified atom stereocenters. The van der Waals surface area contributed by atoms with E-state index in [9.17, 15) is 14.0 Å². The fourth-order valence-corrected chi connectivity index (χ4v) is 4.30. The maximum atomic E-state index is 13.8. The topological polar surface area (TPSA) is 88.9 Å². The number of carbonyl (C=O) groups excluding carboxylic acids is 2. The van der Waals surface area contributed by atoms with Gasteiger partial charge in [-0.3, -0.25) is 9.59 Å². The van der Waals surface area contributed by atoms with Crippen LogP contribution in [0.15, 0.2) is 29.4 Å². The van der Waals surface area contributed by atoms with E-state index in [0.29, 0.717) is 17.5 Å². The number of halogens is 1. The molecule has 1 fully saturated rings. The Morgan fingerprint density at radius 1 is 1.28 bits per heavy atom. The van der Waals surface area contributed by atoms with Gasteiger partial charge in [-0.25, -0.2) is 4.39 Å². The first-order chi connectivity index (χ1) is 14.0. The fourth-order valence-electron chi connectivity index (χ4n) is 3.48. The number of rotatable bonds is 8. The van der Waals surface area contributed by atoms with Crippen LogP contribution in [0.1, 0.15) is 61.8 Å². The molecule has 0 aliphatic heterocycles. The molecule has 0 saturated heterocycles. The largest absolute Gasteiger partial charge is 0.353 e. The smallest absolute Gasteiger partial charge is 0.254 e. The van der Waals surface area contributed by atoms with E-state index in [4.69, 9.17) is 0 Å². The highest BCUT2D eigenvalue weighted by Crippen LogP contribution is 2.22. The van der Waals surface area contributed by atoms with Gasteiger partial charge in [0.25, 0.3) is 5.91 Å². The minimum Gasteiger partial charge on any atom is -0.353 e. The van der Waals surface area contributed by atoms with Crippen molar-refractivity contribution in [1.29, 1.82) is 0 Å². The molecule has 7 nitrogen and oxygen atoms in total. The second kappa shape index (κ2) is 9.87. The van der Waals surface area contributed by atoms with Gasteiger partial charge in [-0.2, -0.15) is 0 Å². The van der Waals surface area contributed by atoms with E-state index in [-0.39, 0.29) is 23.3 Å². The molecule has 2 amide bonds. The Morgan fingerprint density at radius 2 is 2.00 bits per heavy atom. The van der Waals surface area contributed by atoms with E-state index in [1.165, 1.54) is 42.8 Å². The van der Waals surface area contributed by atoms with Gasteiger partial charge in [-0.05, 0) is 38.8 Å². The molecule has 1 aromatic heterocycles. The van der Waals surface area contributed by atoms with E-state index in [0.717, 1.165) is 12.8 Å². The maximum absolute atomic E-state index is 13.8. The molecule has 1 aromatic carbocycles. The van der Waals surface area contributed by atoms with Gasteiger partial charge in [-0.15, -0.1) is 10.2 Å². The lowest BCUT2D eigenvalue weighted by Crippen LogP contribution is -2.33. The van der Waals surface area contributed by atoms with Crippen molar-refractivity contribution in [2.24, 2.45) is 0 Å².